The van der Waals surface area contributed by atoms with Gasteiger partial charge in [-0.05, 0) is 42.8 Å². The maximum Gasteiger partial charge on any atom is 0.338 e. The van der Waals surface area contributed by atoms with Gasteiger partial charge in [-0.25, -0.2) is 4.79 Å². The molecular formula is C19H18N2O6. The Bertz CT molecular complexity index is 967. The Morgan fingerprint density at radius 3 is 2.59 bits per heavy atom. The average Bonchev–Trinajstić information content (AvgIpc) is 3.16. The fourth-order valence-corrected chi connectivity index (χ4v) is 2.35. The maximum atomic E-state index is 12.1. The number of aromatic nitrogens is 2. The first-order chi connectivity index (χ1) is 13.0. The molecule has 0 saturated heterocycles. The third-order valence-electron chi connectivity index (χ3n) is 3.88. The van der Waals surface area contributed by atoms with E-state index >= 15 is 0 Å². The lowest BCUT2D eigenvalue weighted by Crippen LogP contribution is -2.05. The number of phenols is 1. The summed E-state index contributed by atoms with van der Waals surface area (Å²) >= 11 is 0. The van der Waals surface area contributed by atoms with Crippen LogP contribution in [0.25, 0.3) is 11.4 Å². The second-order valence-electron chi connectivity index (χ2n) is 5.66. The molecule has 3 aromatic rings. The molecule has 3 rings (SSSR count). The van der Waals surface area contributed by atoms with Crippen molar-refractivity contribution in [1.29, 1.82) is 0 Å². The molecule has 0 amide bonds. The number of nitrogens with zero attached hydrogens (tertiary/aromatic N) is 2. The first kappa shape index (κ1) is 18.2. The molecule has 0 spiro atoms. The van der Waals surface area contributed by atoms with E-state index in [9.17, 15) is 9.90 Å². The summed E-state index contributed by atoms with van der Waals surface area (Å²) in [6.07, 6.45) is 0. The van der Waals surface area contributed by atoms with E-state index in [1.54, 1.807) is 44.4 Å². The zero-order chi connectivity index (χ0) is 19.4. The highest BCUT2D eigenvalue weighted by atomic mass is 16.6. The van der Waals surface area contributed by atoms with Crippen molar-refractivity contribution >= 4 is 5.97 Å². The molecule has 0 radical (unpaired) electrons. The van der Waals surface area contributed by atoms with Crippen molar-refractivity contribution in [2.24, 2.45) is 0 Å². The number of aromatic hydroxyl groups is 1. The van der Waals surface area contributed by atoms with E-state index in [1.165, 1.54) is 13.2 Å². The SMILES string of the molecule is COc1ccc(-c2noc(COC(=O)c3ccc(C)c(O)c3)n2)cc1OC. The molecule has 0 fully saturated rings. The number of carbonyl (C=O) groups is 1. The van der Waals surface area contributed by atoms with Crippen molar-refractivity contribution in [3.05, 3.63) is 53.4 Å². The number of hydrogen-bond donors (Lipinski definition) is 1. The van der Waals surface area contributed by atoms with Crippen LogP contribution in [-0.2, 0) is 11.3 Å². The molecule has 0 aliphatic carbocycles. The summed E-state index contributed by atoms with van der Waals surface area (Å²) in [6, 6.07) is 9.76. The second kappa shape index (κ2) is 7.77. The molecule has 0 atom stereocenters. The summed E-state index contributed by atoms with van der Waals surface area (Å²) in [5.74, 6) is 1.01. The van der Waals surface area contributed by atoms with Gasteiger partial charge in [-0.1, -0.05) is 11.2 Å². The summed E-state index contributed by atoms with van der Waals surface area (Å²) < 4.78 is 20.7. The van der Waals surface area contributed by atoms with Gasteiger partial charge in [0.1, 0.15) is 5.75 Å². The van der Waals surface area contributed by atoms with E-state index in [-0.39, 0.29) is 23.8 Å². The van der Waals surface area contributed by atoms with Crippen LogP contribution in [0.5, 0.6) is 17.2 Å². The van der Waals surface area contributed by atoms with Crippen molar-refractivity contribution in [2.75, 3.05) is 14.2 Å². The highest BCUT2D eigenvalue weighted by Gasteiger charge is 2.15. The van der Waals surface area contributed by atoms with Gasteiger partial charge in [0.25, 0.3) is 5.89 Å². The molecule has 0 bridgehead atoms. The molecule has 0 saturated carbocycles. The summed E-state index contributed by atoms with van der Waals surface area (Å²) in [7, 11) is 3.08. The van der Waals surface area contributed by atoms with E-state index < -0.39 is 5.97 Å². The van der Waals surface area contributed by atoms with E-state index in [0.29, 0.717) is 28.5 Å². The van der Waals surface area contributed by atoms with Gasteiger partial charge >= 0.3 is 5.97 Å². The highest BCUT2D eigenvalue weighted by Crippen LogP contribution is 2.31. The molecule has 27 heavy (non-hydrogen) atoms. The molecule has 0 unspecified atom stereocenters. The number of rotatable bonds is 6. The number of phenolic OH excluding ortho intramolecular Hbond substituents is 1. The fraction of sp³-hybridized carbons (Fsp3) is 0.211. The van der Waals surface area contributed by atoms with Crippen LogP contribution in [0.15, 0.2) is 40.9 Å². The summed E-state index contributed by atoms with van der Waals surface area (Å²) in [4.78, 5) is 16.3. The molecule has 0 aliphatic heterocycles. The molecule has 1 heterocycles. The standard InChI is InChI=1S/C19H18N2O6/c1-11-4-5-13(8-14(11)22)19(23)26-10-17-20-18(21-27-17)12-6-7-15(24-2)16(9-12)25-3/h4-9,22H,10H2,1-3H3. The van der Waals surface area contributed by atoms with Crippen LogP contribution in [0.4, 0.5) is 0 Å². The third kappa shape index (κ3) is 4.00. The highest BCUT2D eigenvalue weighted by molar-refractivity contribution is 5.89. The smallest absolute Gasteiger partial charge is 0.338 e. The second-order valence-corrected chi connectivity index (χ2v) is 5.66. The maximum absolute atomic E-state index is 12.1. The lowest BCUT2D eigenvalue weighted by atomic mass is 10.1. The van der Waals surface area contributed by atoms with E-state index in [0.717, 1.165) is 0 Å². The van der Waals surface area contributed by atoms with Crippen LogP contribution in [0.2, 0.25) is 0 Å². The summed E-state index contributed by atoms with van der Waals surface area (Å²) in [6.45, 7) is 1.55. The first-order valence-electron chi connectivity index (χ1n) is 8.03. The normalized spacial score (nSPS) is 10.5. The largest absolute Gasteiger partial charge is 0.508 e. The van der Waals surface area contributed by atoms with Crippen LogP contribution < -0.4 is 9.47 Å². The number of hydrogen-bond acceptors (Lipinski definition) is 8. The van der Waals surface area contributed by atoms with Crippen LogP contribution >= 0.6 is 0 Å². The summed E-state index contributed by atoms with van der Waals surface area (Å²) in [5.41, 5.74) is 1.57. The third-order valence-corrected chi connectivity index (χ3v) is 3.88. The Balaban J connectivity index is 1.69. The van der Waals surface area contributed by atoms with Crippen LogP contribution in [0.1, 0.15) is 21.8 Å². The number of benzene rings is 2. The van der Waals surface area contributed by atoms with Crippen LogP contribution in [0, 0.1) is 6.92 Å². The van der Waals surface area contributed by atoms with Crippen molar-refractivity contribution in [1.82, 2.24) is 10.1 Å². The zero-order valence-corrected chi connectivity index (χ0v) is 15.1. The van der Waals surface area contributed by atoms with E-state index in [1.807, 2.05) is 0 Å². The molecule has 8 nitrogen and oxygen atoms in total. The molecule has 140 valence electrons. The van der Waals surface area contributed by atoms with Gasteiger partial charge in [-0.2, -0.15) is 4.98 Å². The minimum atomic E-state index is -0.601. The Morgan fingerprint density at radius 1 is 1.11 bits per heavy atom. The molecule has 0 aliphatic rings. The van der Waals surface area contributed by atoms with Crippen LogP contribution in [0.3, 0.4) is 0 Å². The number of ether oxygens (including phenoxy) is 3. The van der Waals surface area contributed by atoms with Gasteiger partial charge in [-0.3, -0.25) is 0 Å². The molecule has 2 aromatic carbocycles. The van der Waals surface area contributed by atoms with Gasteiger partial charge in [-0.15, -0.1) is 0 Å². The van der Waals surface area contributed by atoms with Crippen molar-refractivity contribution in [3.8, 4) is 28.6 Å². The van der Waals surface area contributed by atoms with E-state index in [4.69, 9.17) is 18.7 Å². The van der Waals surface area contributed by atoms with E-state index in [2.05, 4.69) is 10.1 Å². The van der Waals surface area contributed by atoms with Crippen molar-refractivity contribution in [2.45, 2.75) is 13.5 Å². The van der Waals surface area contributed by atoms with Gasteiger partial charge in [0, 0.05) is 5.56 Å². The molecule has 1 aromatic heterocycles. The van der Waals surface area contributed by atoms with Gasteiger partial charge in [0.15, 0.2) is 18.1 Å². The average molecular weight is 370 g/mol. The molecular weight excluding hydrogens is 352 g/mol. The molecule has 1 N–H and O–H groups in total. The Hall–Kier alpha value is -3.55. The van der Waals surface area contributed by atoms with Gasteiger partial charge in [0.2, 0.25) is 5.82 Å². The predicted octanol–water partition coefficient (Wildman–Crippen LogP) is 3.12. The number of aryl methyl sites for hydroxylation is 1. The van der Waals surface area contributed by atoms with Crippen molar-refractivity contribution < 1.29 is 28.6 Å². The number of esters is 1. The van der Waals surface area contributed by atoms with Gasteiger partial charge < -0.3 is 23.8 Å². The zero-order valence-electron chi connectivity index (χ0n) is 15.1. The Kier molecular flexibility index (Phi) is 5.25. The van der Waals surface area contributed by atoms with Crippen LogP contribution in [-0.4, -0.2) is 35.4 Å². The number of methoxy groups -OCH3 is 2. The minimum Gasteiger partial charge on any atom is -0.508 e. The Morgan fingerprint density at radius 2 is 1.89 bits per heavy atom. The van der Waals surface area contributed by atoms with Crippen molar-refractivity contribution in [3.63, 3.8) is 0 Å². The lowest BCUT2D eigenvalue weighted by molar-refractivity contribution is 0.0429. The fourth-order valence-electron chi connectivity index (χ4n) is 2.35. The predicted molar refractivity (Wildman–Crippen MR) is 94.8 cm³/mol. The monoisotopic (exact) mass is 370 g/mol. The summed E-state index contributed by atoms with van der Waals surface area (Å²) in [5, 5.41) is 13.6. The first-order valence-corrected chi connectivity index (χ1v) is 8.03. The molecule has 8 heteroatoms. The lowest BCUT2D eigenvalue weighted by Gasteiger charge is -2.07. The topological polar surface area (TPSA) is 104 Å². The Labute approximate surface area is 155 Å². The quantitative estimate of drug-likeness (QED) is 0.660. The number of carbonyl (C=O) groups excluding carboxylic acids is 1. The minimum absolute atomic E-state index is 0.0259. The van der Waals surface area contributed by atoms with Gasteiger partial charge in [0.05, 0.1) is 19.8 Å².